The molecule has 302 valence electrons. The zero-order valence-corrected chi connectivity index (χ0v) is 33.4. The highest BCUT2D eigenvalue weighted by molar-refractivity contribution is 5.81. The van der Waals surface area contributed by atoms with Gasteiger partial charge in [0.25, 0.3) is 0 Å². The highest BCUT2D eigenvalue weighted by Gasteiger charge is 2.44. The molecule has 0 heterocycles. The van der Waals surface area contributed by atoms with E-state index in [1.54, 1.807) is 0 Å². The Bertz CT molecular complexity index is 1160. The summed E-state index contributed by atoms with van der Waals surface area (Å²) in [5.41, 5.74) is 0.177. The third-order valence-corrected chi connectivity index (χ3v) is 16.0. The molecule has 6 unspecified atom stereocenters. The maximum Gasteiger partial charge on any atom is 0.310 e. The van der Waals surface area contributed by atoms with Crippen LogP contribution in [0.2, 0.25) is 0 Å². The lowest BCUT2D eigenvalue weighted by Crippen LogP contribution is -2.41. The van der Waals surface area contributed by atoms with Crippen LogP contribution in [-0.4, -0.2) is 46.9 Å². The first-order chi connectivity index (χ1) is 25.6. The molecule has 0 aromatic rings. The van der Waals surface area contributed by atoms with E-state index in [9.17, 15) is 24.6 Å². The quantitative estimate of drug-likeness (QED) is 0.103. The van der Waals surface area contributed by atoms with Crippen LogP contribution in [-0.2, 0) is 28.9 Å². The Hall–Kier alpha value is -1.67. The molecule has 6 rings (SSSR count). The summed E-state index contributed by atoms with van der Waals surface area (Å²) in [7, 11) is 0. The van der Waals surface area contributed by atoms with Crippen molar-refractivity contribution < 1.29 is 39.1 Å². The number of rotatable bonds is 14. The third-order valence-electron chi connectivity index (χ3n) is 16.0. The summed E-state index contributed by atoms with van der Waals surface area (Å²) in [6.07, 6.45) is 28.5. The largest absolute Gasteiger partial charge is 0.481 e. The highest BCUT2D eigenvalue weighted by Crippen LogP contribution is 2.49. The molecule has 0 aliphatic heterocycles. The van der Waals surface area contributed by atoms with E-state index in [4.69, 9.17) is 14.5 Å². The lowest BCUT2D eigenvalue weighted by Gasteiger charge is -2.46. The SMILES string of the molecule is CC(C)(C1CCC(OOCC2CCC(CC3CCCCC3)CC2C(=O)O)CC1)C1CCC(OC(=O)C2CCC(CC3CCCCC3)CC2C(=O)O)CC1. The van der Waals surface area contributed by atoms with Gasteiger partial charge in [0.1, 0.15) is 6.10 Å². The van der Waals surface area contributed by atoms with Crippen molar-refractivity contribution in [2.45, 2.75) is 193 Å². The number of hydrogen-bond acceptors (Lipinski definition) is 6. The van der Waals surface area contributed by atoms with Crippen LogP contribution in [0.5, 0.6) is 0 Å². The number of aliphatic carboxylic acids is 2. The molecule has 6 atom stereocenters. The van der Waals surface area contributed by atoms with Crippen molar-refractivity contribution in [1.29, 1.82) is 0 Å². The molecule has 6 fully saturated rings. The van der Waals surface area contributed by atoms with E-state index in [-0.39, 0.29) is 35.4 Å². The number of carboxylic acid groups (broad SMARTS) is 2. The molecule has 53 heavy (non-hydrogen) atoms. The number of ether oxygens (including phenoxy) is 1. The second kappa shape index (κ2) is 19.5. The van der Waals surface area contributed by atoms with Gasteiger partial charge in [-0.05, 0) is 143 Å². The zero-order chi connectivity index (χ0) is 37.4. The number of carbonyl (C=O) groups is 3. The molecule has 0 radical (unpaired) electrons. The van der Waals surface area contributed by atoms with Gasteiger partial charge in [0.2, 0.25) is 0 Å². The summed E-state index contributed by atoms with van der Waals surface area (Å²) >= 11 is 0. The molecule has 6 aliphatic rings. The van der Waals surface area contributed by atoms with Crippen molar-refractivity contribution in [3.8, 4) is 0 Å². The minimum absolute atomic E-state index is 0.0318. The highest BCUT2D eigenvalue weighted by atomic mass is 17.2. The molecule has 0 saturated heterocycles. The number of carbonyl (C=O) groups excluding carboxylic acids is 1. The van der Waals surface area contributed by atoms with Gasteiger partial charge in [-0.15, -0.1) is 0 Å². The molecular weight excluding hydrogens is 668 g/mol. The van der Waals surface area contributed by atoms with Gasteiger partial charge in [-0.1, -0.05) is 84.5 Å². The van der Waals surface area contributed by atoms with E-state index in [2.05, 4.69) is 13.8 Å². The topological polar surface area (TPSA) is 119 Å². The van der Waals surface area contributed by atoms with Gasteiger partial charge in [0.05, 0.1) is 30.5 Å². The van der Waals surface area contributed by atoms with Crippen LogP contribution in [0.4, 0.5) is 0 Å². The van der Waals surface area contributed by atoms with Crippen molar-refractivity contribution in [3.05, 3.63) is 0 Å². The Morgan fingerprint density at radius 2 is 1.02 bits per heavy atom. The Kier molecular flexibility index (Phi) is 15.0. The van der Waals surface area contributed by atoms with E-state index in [0.717, 1.165) is 95.3 Å². The molecule has 0 spiro atoms. The second-order valence-corrected chi connectivity index (χ2v) is 19.7. The average Bonchev–Trinajstić information content (AvgIpc) is 3.16. The molecule has 0 bridgehead atoms. The zero-order valence-electron chi connectivity index (χ0n) is 33.4. The second-order valence-electron chi connectivity index (χ2n) is 19.7. The van der Waals surface area contributed by atoms with Gasteiger partial charge in [-0.3, -0.25) is 14.4 Å². The van der Waals surface area contributed by atoms with Crippen molar-refractivity contribution in [3.63, 3.8) is 0 Å². The summed E-state index contributed by atoms with van der Waals surface area (Å²) in [6, 6.07) is 0. The molecule has 6 saturated carbocycles. The molecular formula is C45H74O8. The van der Waals surface area contributed by atoms with Gasteiger partial charge in [-0.25, -0.2) is 9.78 Å². The van der Waals surface area contributed by atoms with E-state index >= 15 is 0 Å². The summed E-state index contributed by atoms with van der Waals surface area (Å²) in [5.74, 6) is 0.489. The van der Waals surface area contributed by atoms with Crippen molar-refractivity contribution in [1.82, 2.24) is 0 Å². The van der Waals surface area contributed by atoms with Gasteiger partial charge >= 0.3 is 17.9 Å². The van der Waals surface area contributed by atoms with E-state index in [0.29, 0.717) is 43.1 Å². The van der Waals surface area contributed by atoms with Gasteiger partial charge in [-0.2, -0.15) is 0 Å². The predicted molar refractivity (Wildman–Crippen MR) is 205 cm³/mol. The van der Waals surface area contributed by atoms with Crippen LogP contribution in [0.3, 0.4) is 0 Å². The first kappa shape index (κ1) is 41.0. The first-order valence-electron chi connectivity index (χ1n) is 22.5. The maximum absolute atomic E-state index is 13.4. The van der Waals surface area contributed by atoms with E-state index in [1.165, 1.54) is 70.6 Å². The standard InChI is InChI=1S/C45H74O8/c1-45(2,35-16-20-37(21-17-35)52-44(50)39-24-14-33(28-41(39)43(48)49)26-31-11-7-4-8-12-31)36-18-22-38(23-19-36)53-51-29-34-15-13-32(27-40(34)42(46)47)25-30-9-5-3-6-10-30/h30-41H,3-29H2,1-2H3,(H,46,47)(H,48,49). The van der Waals surface area contributed by atoms with Gasteiger partial charge in [0, 0.05) is 0 Å². The van der Waals surface area contributed by atoms with Crippen LogP contribution < -0.4 is 0 Å². The Labute approximate surface area is 320 Å². The molecule has 0 aromatic heterocycles. The van der Waals surface area contributed by atoms with Crippen LogP contribution in [0.1, 0.15) is 181 Å². The lowest BCUT2D eigenvalue weighted by atomic mass is 9.60. The summed E-state index contributed by atoms with van der Waals surface area (Å²) in [4.78, 5) is 49.7. The molecule has 2 N–H and O–H groups in total. The summed E-state index contributed by atoms with van der Waals surface area (Å²) in [5, 5.41) is 20.1. The van der Waals surface area contributed by atoms with Crippen molar-refractivity contribution in [2.24, 2.45) is 64.6 Å². The molecule has 0 aromatic carbocycles. The summed E-state index contributed by atoms with van der Waals surface area (Å²) < 4.78 is 6.09. The normalized spacial score (nSPS) is 36.8. The van der Waals surface area contributed by atoms with Crippen LogP contribution >= 0.6 is 0 Å². The Balaban J connectivity index is 0.877. The summed E-state index contributed by atoms with van der Waals surface area (Å²) in [6.45, 7) is 5.23. The number of carboxylic acids is 2. The minimum Gasteiger partial charge on any atom is -0.481 e. The van der Waals surface area contributed by atoms with E-state index < -0.39 is 23.8 Å². The van der Waals surface area contributed by atoms with Crippen LogP contribution in [0.15, 0.2) is 0 Å². The fourth-order valence-electron chi connectivity index (χ4n) is 12.5. The predicted octanol–water partition coefficient (Wildman–Crippen LogP) is 10.8. The first-order valence-corrected chi connectivity index (χ1v) is 22.5. The monoisotopic (exact) mass is 743 g/mol. The van der Waals surface area contributed by atoms with Crippen LogP contribution in [0.25, 0.3) is 0 Å². The third kappa shape index (κ3) is 11.2. The molecule has 0 amide bonds. The smallest absolute Gasteiger partial charge is 0.310 e. The fourth-order valence-corrected chi connectivity index (χ4v) is 12.5. The Morgan fingerprint density at radius 3 is 1.55 bits per heavy atom. The van der Waals surface area contributed by atoms with E-state index in [1.807, 2.05) is 0 Å². The Morgan fingerprint density at radius 1 is 0.528 bits per heavy atom. The van der Waals surface area contributed by atoms with Crippen LogP contribution in [0, 0.1) is 64.6 Å². The molecule has 6 aliphatic carbocycles. The van der Waals surface area contributed by atoms with Gasteiger partial charge in [0.15, 0.2) is 0 Å². The van der Waals surface area contributed by atoms with Crippen molar-refractivity contribution >= 4 is 17.9 Å². The fraction of sp³-hybridized carbons (Fsp3) is 0.933. The molecule has 8 heteroatoms. The lowest BCUT2D eigenvalue weighted by molar-refractivity contribution is -0.338. The minimum atomic E-state index is -0.827. The van der Waals surface area contributed by atoms with Crippen molar-refractivity contribution in [2.75, 3.05) is 6.61 Å². The maximum atomic E-state index is 13.4. The number of hydrogen-bond donors (Lipinski definition) is 2. The number of esters is 1. The molecule has 8 nitrogen and oxygen atoms in total. The van der Waals surface area contributed by atoms with Gasteiger partial charge < -0.3 is 14.9 Å². The average molecular weight is 743 g/mol.